The number of hydrogen-bond donors (Lipinski definition) is 1. The molecule has 0 atom stereocenters. The summed E-state index contributed by atoms with van der Waals surface area (Å²) in [5, 5.41) is 0. The number of benzene rings is 1. The molecule has 4 heteroatoms. The molecule has 0 spiro atoms. The summed E-state index contributed by atoms with van der Waals surface area (Å²) in [6.45, 7) is 4.43. The number of hydrogen-bond acceptors (Lipinski definition) is 3. The lowest BCUT2D eigenvalue weighted by atomic mass is 10.1. The lowest BCUT2D eigenvalue weighted by Gasteiger charge is -2.06. The van der Waals surface area contributed by atoms with E-state index in [1.54, 1.807) is 0 Å². The average molecular weight is 241 g/mol. The van der Waals surface area contributed by atoms with Crippen LogP contribution in [0.2, 0.25) is 0 Å². The molecule has 0 saturated heterocycles. The minimum absolute atomic E-state index is 0.119. The Morgan fingerprint density at radius 1 is 1.19 bits per heavy atom. The molecule has 0 radical (unpaired) electrons. The summed E-state index contributed by atoms with van der Waals surface area (Å²) in [6.07, 6.45) is 0.535. The summed E-state index contributed by atoms with van der Waals surface area (Å²) in [5.74, 6) is 0.296. The summed E-state index contributed by atoms with van der Waals surface area (Å²) >= 11 is 0. The van der Waals surface area contributed by atoms with Crippen molar-refractivity contribution < 1.29 is 8.42 Å². The van der Waals surface area contributed by atoms with Gasteiger partial charge in [-0.15, -0.1) is 0 Å². The van der Waals surface area contributed by atoms with E-state index in [-0.39, 0.29) is 11.5 Å². The second-order valence-electron chi connectivity index (χ2n) is 4.15. The zero-order valence-corrected chi connectivity index (χ0v) is 10.7. The summed E-state index contributed by atoms with van der Waals surface area (Å²) in [5.41, 5.74) is 8.48. The van der Waals surface area contributed by atoms with Crippen LogP contribution in [0.5, 0.6) is 0 Å². The van der Waals surface area contributed by atoms with Crippen LogP contribution in [0.3, 0.4) is 0 Å². The Kier molecular flexibility index (Phi) is 4.50. The van der Waals surface area contributed by atoms with Gasteiger partial charge in [0, 0.05) is 0 Å². The SMILES string of the molecule is Cc1ccc(CS(=O)(=O)CCCN)cc1C. The van der Waals surface area contributed by atoms with Crippen molar-refractivity contribution in [1.82, 2.24) is 0 Å². The Bertz CT molecular complexity index is 452. The minimum atomic E-state index is -3.01. The van der Waals surface area contributed by atoms with E-state index in [0.29, 0.717) is 13.0 Å². The first-order valence-electron chi connectivity index (χ1n) is 5.41. The first-order chi connectivity index (χ1) is 7.44. The maximum atomic E-state index is 11.7. The van der Waals surface area contributed by atoms with Gasteiger partial charge in [-0.25, -0.2) is 8.42 Å². The molecule has 0 aliphatic carbocycles. The van der Waals surface area contributed by atoms with Gasteiger partial charge in [0.05, 0.1) is 11.5 Å². The van der Waals surface area contributed by atoms with Crippen molar-refractivity contribution >= 4 is 9.84 Å². The van der Waals surface area contributed by atoms with E-state index in [0.717, 1.165) is 11.1 Å². The second-order valence-corrected chi connectivity index (χ2v) is 6.34. The van der Waals surface area contributed by atoms with Crippen molar-refractivity contribution in [2.75, 3.05) is 12.3 Å². The van der Waals surface area contributed by atoms with Crippen LogP contribution in [0.15, 0.2) is 18.2 Å². The lowest BCUT2D eigenvalue weighted by Crippen LogP contribution is -2.13. The average Bonchev–Trinajstić information content (AvgIpc) is 2.20. The fraction of sp³-hybridized carbons (Fsp3) is 0.500. The summed E-state index contributed by atoms with van der Waals surface area (Å²) in [4.78, 5) is 0. The number of nitrogens with two attached hydrogens (primary N) is 1. The molecule has 1 aromatic carbocycles. The van der Waals surface area contributed by atoms with E-state index in [1.165, 1.54) is 5.56 Å². The fourth-order valence-electron chi connectivity index (χ4n) is 1.52. The maximum Gasteiger partial charge on any atom is 0.154 e. The quantitative estimate of drug-likeness (QED) is 0.851. The molecule has 0 aliphatic heterocycles. The maximum absolute atomic E-state index is 11.7. The van der Waals surface area contributed by atoms with Gasteiger partial charge in [0.1, 0.15) is 0 Å². The summed E-state index contributed by atoms with van der Waals surface area (Å²) < 4.78 is 23.4. The third-order valence-electron chi connectivity index (χ3n) is 2.62. The molecular weight excluding hydrogens is 222 g/mol. The molecule has 90 valence electrons. The molecule has 0 aliphatic rings. The molecule has 0 unspecified atom stereocenters. The second kappa shape index (κ2) is 5.46. The van der Waals surface area contributed by atoms with Gasteiger partial charge in [-0.1, -0.05) is 18.2 Å². The normalized spacial score (nSPS) is 11.7. The van der Waals surface area contributed by atoms with Gasteiger partial charge < -0.3 is 5.73 Å². The molecule has 0 heterocycles. The highest BCUT2D eigenvalue weighted by atomic mass is 32.2. The van der Waals surface area contributed by atoms with Crippen LogP contribution in [0.1, 0.15) is 23.1 Å². The van der Waals surface area contributed by atoms with Gasteiger partial charge in [0.2, 0.25) is 0 Å². The zero-order chi connectivity index (χ0) is 12.2. The number of rotatable bonds is 5. The third kappa shape index (κ3) is 3.94. The highest BCUT2D eigenvalue weighted by Crippen LogP contribution is 2.13. The Morgan fingerprint density at radius 3 is 2.44 bits per heavy atom. The molecule has 2 N–H and O–H groups in total. The third-order valence-corrected chi connectivity index (χ3v) is 4.30. The van der Waals surface area contributed by atoms with Crippen LogP contribution in [0.4, 0.5) is 0 Å². The first-order valence-corrected chi connectivity index (χ1v) is 7.23. The lowest BCUT2D eigenvalue weighted by molar-refractivity contribution is 0.593. The van der Waals surface area contributed by atoms with Crippen LogP contribution in [-0.2, 0) is 15.6 Å². The van der Waals surface area contributed by atoms with Crippen molar-refractivity contribution in [3.05, 3.63) is 34.9 Å². The minimum Gasteiger partial charge on any atom is -0.330 e. The predicted molar refractivity (Wildman–Crippen MR) is 67.1 cm³/mol. The van der Waals surface area contributed by atoms with Crippen LogP contribution in [0, 0.1) is 13.8 Å². The Morgan fingerprint density at radius 2 is 1.88 bits per heavy atom. The van der Waals surface area contributed by atoms with Gasteiger partial charge in [-0.2, -0.15) is 0 Å². The van der Waals surface area contributed by atoms with Gasteiger partial charge in [-0.3, -0.25) is 0 Å². The fourth-order valence-corrected chi connectivity index (χ4v) is 2.96. The Labute approximate surface area is 97.6 Å². The van der Waals surface area contributed by atoms with Crippen LogP contribution >= 0.6 is 0 Å². The van der Waals surface area contributed by atoms with E-state index in [1.807, 2.05) is 32.0 Å². The van der Waals surface area contributed by atoms with Crippen molar-refractivity contribution in [3.8, 4) is 0 Å². The molecule has 0 saturated carbocycles. The molecule has 1 aromatic rings. The highest BCUT2D eigenvalue weighted by Gasteiger charge is 2.11. The van der Waals surface area contributed by atoms with Crippen LogP contribution in [-0.4, -0.2) is 20.7 Å². The van der Waals surface area contributed by atoms with Crippen LogP contribution in [0.25, 0.3) is 0 Å². The molecule has 3 nitrogen and oxygen atoms in total. The molecule has 16 heavy (non-hydrogen) atoms. The van der Waals surface area contributed by atoms with E-state index < -0.39 is 9.84 Å². The topological polar surface area (TPSA) is 60.2 Å². The van der Waals surface area contributed by atoms with Crippen LogP contribution < -0.4 is 5.73 Å². The molecule has 0 bridgehead atoms. The van der Waals surface area contributed by atoms with E-state index in [4.69, 9.17) is 5.73 Å². The number of aryl methyl sites for hydroxylation is 2. The summed E-state index contributed by atoms with van der Waals surface area (Å²) in [6, 6.07) is 5.78. The predicted octanol–water partition coefficient (Wildman–Crippen LogP) is 1.57. The molecule has 0 fully saturated rings. The smallest absolute Gasteiger partial charge is 0.154 e. The van der Waals surface area contributed by atoms with Crippen molar-refractivity contribution in [2.24, 2.45) is 5.73 Å². The molecule has 0 amide bonds. The molecular formula is C12H19NO2S. The Hall–Kier alpha value is -0.870. The molecule has 1 rings (SSSR count). The van der Waals surface area contributed by atoms with Gasteiger partial charge in [0.25, 0.3) is 0 Å². The largest absolute Gasteiger partial charge is 0.330 e. The molecule has 0 aromatic heterocycles. The van der Waals surface area contributed by atoms with Gasteiger partial charge >= 0.3 is 0 Å². The van der Waals surface area contributed by atoms with E-state index in [2.05, 4.69) is 0 Å². The van der Waals surface area contributed by atoms with Crippen molar-refractivity contribution in [2.45, 2.75) is 26.0 Å². The first kappa shape index (κ1) is 13.2. The van der Waals surface area contributed by atoms with Crippen molar-refractivity contribution in [1.29, 1.82) is 0 Å². The Balaban J connectivity index is 2.76. The van der Waals surface area contributed by atoms with Gasteiger partial charge in [-0.05, 0) is 43.5 Å². The number of sulfone groups is 1. The monoisotopic (exact) mass is 241 g/mol. The van der Waals surface area contributed by atoms with Crippen molar-refractivity contribution in [3.63, 3.8) is 0 Å². The highest BCUT2D eigenvalue weighted by molar-refractivity contribution is 7.90. The standard InChI is InChI=1S/C12H19NO2S/c1-10-4-5-12(8-11(10)2)9-16(14,15)7-3-6-13/h4-5,8H,3,6-7,9,13H2,1-2H3. The zero-order valence-electron chi connectivity index (χ0n) is 9.86. The van der Waals surface area contributed by atoms with Gasteiger partial charge in [0.15, 0.2) is 9.84 Å². The van der Waals surface area contributed by atoms with E-state index >= 15 is 0 Å². The summed E-state index contributed by atoms with van der Waals surface area (Å²) in [7, 11) is -3.01. The van der Waals surface area contributed by atoms with E-state index in [9.17, 15) is 8.42 Å².